The molecule has 0 amide bonds. The monoisotopic (exact) mass is 402 g/mol. The Balaban J connectivity index is 1.96. The lowest BCUT2D eigenvalue weighted by atomic mass is 9.93. The van der Waals surface area contributed by atoms with Crippen LogP contribution in [0, 0.1) is 0 Å². The van der Waals surface area contributed by atoms with E-state index in [2.05, 4.69) is 51.4 Å². The number of hydrogen-bond acceptors (Lipinski definition) is 4. The van der Waals surface area contributed by atoms with Gasteiger partial charge in [0.2, 0.25) is 0 Å². The van der Waals surface area contributed by atoms with Crippen LogP contribution in [0.5, 0.6) is 5.75 Å². The third kappa shape index (κ3) is 5.28. The van der Waals surface area contributed by atoms with Crippen molar-refractivity contribution in [3.63, 3.8) is 0 Å². The van der Waals surface area contributed by atoms with Gasteiger partial charge in [0.15, 0.2) is 0 Å². The molecule has 3 aromatic rings. The van der Waals surface area contributed by atoms with Gasteiger partial charge in [-0.2, -0.15) is 0 Å². The molecule has 0 saturated heterocycles. The summed E-state index contributed by atoms with van der Waals surface area (Å²) < 4.78 is 6.07. The Morgan fingerprint density at radius 1 is 0.900 bits per heavy atom. The molecule has 4 nitrogen and oxygen atoms in total. The molecule has 0 aliphatic heterocycles. The highest BCUT2D eigenvalue weighted by atomic mass is 16.5. The van der Waals surface area contributed by atoms with E-state index in [0.717, 1.165) is 22.6 Å². The molecular formula is C26H30N2O2. The zero-order chi connectivity index (χ0) is 21.5. The number of hydrogen-bond donors (Lipinski definition) is 2. The Morgan fingerprint density at radius 3 is 2.17 bits per heavy atom. The van der Waals surface area contributed by atoms with Crippen LogP contribution < -0.4 is 10.2 Å². The van der Waals surface area contributed by atoms with Gasteiger partial charge >= 0.3 is 0 Å². The Hall–Kier alpha value is -3.11. The van der Waals surface area contributed by atoms with Crippen LogP contribution >= 0.6 is 0 Å². The first-order valence-electron chi connectivity index (χ1n) is 10.4. The van der Waals surface area contributed by atoms with Gasteiger partial charge in [0.05, 0.1) is 11.4 Å². The summed E-state index contributed by atoms with van der Waals surface area (Å²) in [5.41, 5.74) is 8.15. The lowest BCUT2D eigenvalue weighted by Gasteiger charge is -2.16. The highest BCUT2D eigenvalue weighted by molar-refractivity contribution is 5.87. The van der Waals surface area contributed by atoms with Crippen molar-refractivity contribution in [1.29, 1.82) is 0 Å². The highest BCUT2D eigenvalue weighted by Gasteiger charge is 2.13. The van der Waals surface area contributed by atoms with Gasteiger partial charge in [0, 0.05) is 11.8 Å². The molecule has 30 heavy (non-hydrogen) atoms. The average molecular weight is 403 g/mol. The zero-order valence-corrected chi connectivity index (χ0v) is 18.1. The summed E-state index contributed by atoms with van der Waals surface area (Å²) in [5, 5.41) is 9.34. The van der Waals surface area contributed by atoms with Crippen LogP contribution in [0.25, 0.3) is 0 Å². The fourth-order valence-corrected chi connectivity index (χ4v) is 3.38. The molecule has 0 spiro atoms. The average Bonchev–Trinajstić information content (AvgIpc) is 2.76. The third-order valence-corrected chi connectivity index (χ3v) is 5.05. The van der Waals surface area contributed by atoms with Crippen LogP contribution in [-0.2, 0) is 6.61 Å². The van der Waals surface area contributed by atoms with E-state index < -0.39 is 0 Å². The number of ether oxygens (including phenoxy) is 1. The molecule has 2 N–H and O–H groups in total. The van der Waals surface area contributed by atoms with E-state index in [-0.39, 0.29) is 0 Å². The Labute approximate surface area is 179 Å². The molecule has 0 radical (unpaired) electrons. The summed E-state index contributed by atoms with van der Waals surface area (Å²) in [5.74, 6) is 1.46. The highest BCUT2D eigenvalue weighted by Crippen LogP contribution is 2.35. The number of nitrogens with zero attached hydrogens (tertiary/aromatic N) is 1. The first-order chi connectivity index (χ1) is 14.5. The Bertz CT molecular complexity index is 969. The second-order valence-electron chi connectivity index (χ2n) is 7.99. The molecule has 0 aromatic heterocycles. The Kier molecular flexibility index (Phi) is 7.26. The van der Waals surface area contributed by atoms with Gasteiger partial charge in [0.25, 0.3) is 0 Å². The van der Waals surface area contributed by atoms with Gasteiger partial charge in [0.1, 0.15) is 12.4 Å². The SMILES string of the molecule is CC(C)c1cccc(C(C)C)c1N=Cc1cc(NO)ccc1OCc1ccccc1. The second kappa shape index (κ2) is 10.1. The summed E-state index contributed by atoms with van der Waals surface area (Å²) in [6.07, 6.45) is 1.83. The molecule has 0 heterocycles. The summed E-state index contributed by atoms with van der Waals surface area (Å²) in [6.45, 7) is 9.20. The number of anilines is 1. The van der Waals surface area contributed by atoms with E-state index in [4.69, 9.17) is 9.73 Å². The van der Waals surface area contributed by atoms with Crippen LogP contribution in [-0.4, -0.2) is 11.4 Å². The topological polar surface area (TPSA) is 53.9 Å². The molecule has 0 aliphatic rings. The van der Waals surface area contributed by atoms with Crippen molar-refractivity contribution in [2.75, 3.05) is 5.48 Å². The van der Waals surface area contributed by atoms with Crippen LogP contribution in [0.15, 0.2) is 71.7 Å². The van der Waals surface area contributed by atoms with Gasteiger partial charge in [-0.1, -0.05) is 76.2 Å². The van der Waals surface area contributed by atoms with Crippen molar-refractivity contribution in [2.24, 2.45) is 4.99 Å². The molecular weight excluding hydrogens is 372 g/mol. The van der Waals surface area contributed by atoms with Gasteiger partial charge in [-0.05, 0) is 46.7 Å². The molecule has 0 aliphatic carbocycles. The van der Waals surface area contributed by atoms with E-state index in [1.165, 1.54) is 11.1 Å². The predicted octanol–water partition coefficient (Wildman–Crippen LogP) is 7.06. The van der Waals surface area contributed by atoms with E-state index in [1.807, 2.05) is 48.7 Å². The molecule has 3 aromatic carbocycles. The standard InChI is InChI=1S/C26H30N2O2/c1-18(2)23-11-8-12-24(19(3)4)26(23)27-16-21-15-22(28-29)13-14-25(21)30-17-20-9-6-5-7-10-20/h5-16,18-19,28-29H,17H2,1-4H3. The number of nitrogens with one attached hydrogen (secondary N) is 1. The smallest absolute Gasteiger partial charge is 0.128 e. The molecule has 0 fully saturated rings. The maximum atomic E-state index is 9.34. The van der Waals surface area contributed by atoms with Crippen molar-refractivity contribution >= 4 is 17.6 Å². The first-order valence-corrected chi connectivity index (χ1v) is 10.4. The minimum Gasteiger partial charge on any atom is -0.488 e. The number of para-hydroxylation sites is 1. The lowest BCUT2D eigenvalue weighted by Crippen LogP contribution is -2.00. The summed E-state index contributed by atoms with van der Waals surface area (Å²) in [6, 6.07) is 21.9. The molecule has 0 atom stereocenters. The second-order valence-corrected chi connectivity index (χ2v) is 7.99. The fraction of sp³-hybridized carbons (Fsp3) is 0.269. The van der Waals surface area contributed by atoms with Crippen molar-refractivity contribution in [2.45, 2.75) is 46.1 Å². The number of aliphatic imine (C=N–C) groups is 1. The van der Waals surface area contributed by atoms with Gasteiger partial charge in [-0.25, -0.2) is 0 Å². The summed E-state index contributed by atoms with van der Waals surface area (Å²) >= 11 is 0. The summed E-state index contributed by atoms with van der Waals surface area (Å²) in [4.78, 5) is 4.90. The minimum absolute atomic E-state index is 0.370. The van der Waals surface area contributed by atoms with E-state index in [1.54, 1.807) is 6.07 Å². The van der Waals surface area contributed by atoms with Gasteiger partial charge < -0.3 is 4.74 Å². The quantitative estimate of drug-likeness (QED) is 0.313. The van der Waals surface area contributed by atoms with E-state index in [9.17, 15) is 5.21 Å². The van der Waals surface area contributed by atoms with Crippen LogP contribution in [0.3, 0.4) is 0 Å². The van der Waals surface area contributed by atoms with E-state index >= 15 is 0 Å². The van der Waals surface area contributed by atoms with E-state index in [0.29, 0.717) is 24.1 Å². The molecule has 0 unspecified atom stereocenters. The normalized spacial score (nSPS) is 11.4. The van der Waals surface area contributed by atoms with Crippen molar-refractivity contribution in [3.05, 3.63) is 89.0 Å². The lowest BCUT2D eigenvalue weighted by molar-refractivity contribution is 0.305. The predicted molar refractivity (Wildman–Crippen MR) is 124 cm³/mol. The van der Waals surface area contributed by atoms with Crippen molar-refractivity contribution in [1.82, 2.24) is 0 Å². The van der Waals surface area contributed by atoms with Crippen LogP contribution in [0.4, 0.5) is 11.4 Å². The summed E-state index contributed by atoms with van der Waals surface area (Å²) in [7, 11) is 0. The van der Waals surface area contributed by atoms with Crippen molar-refractivity contribution < 1.29 is 9.94 Å². The number of rotatable bonds is 8. The molecule has 4 heteroatoms. The van der Waals surface area contributed by atoms with Gasteiger partial charge in [-0.15, -0.1) is 0 Å². The van der Waals surface area contributed by atoms with Crippen LogP contribution in [0.2, 0.25) is 0 Å². The third-order valence-electron chi connectivity index (χ3n) is 5.05. The Morgan fingerprint density at radius 2 is 1.57 bits per heavy atom. The first kappa shape index (κ1) is 21.6. The van der Waals surface area contributed by atoms with Crippen molar-refractivity contribution in [3.8, 4) is 5.75 Å². The molecule has 0 saturated carbocycles. The largest absolute Gasteiger partial charge is 0.488 e. The number of benzene rings is 3. The maximum absolute atomic E-state index is 9.34. The van der Waals surface area contributed by atoms with Gasteiger partial charge in [-0.3, -0.25) is 15.7 Å². The zero-order valence-electron chi connectivity index (χ0n) is 18.1. The molecule has 3 rings (SSSR count). The molecule has 156 valence electrons. The molecule has 0 bridgehead atoms. The minimum atomic E-state index is 0.370. The maximum Gasteiger partial charge on any atom is 0.128 e. The fourth-order valence-electron chi connectivity index (χ4n) is 3.38. The van der Waals surface area contributed by atoms with Crippen LogP contribution in [0.1, 0.15) is 61.8 Å².